The molecule has 0 aliphatic rings. The van der Waals surface area contributed by atoms with E-state index in [-0.39, 0.29) is 17.6 Å². The SMILES string of the molecule is COC(C)(C)CCC(CN)(CO)c1ccccc1C. The number of rotatable bonds is 7. The number of aliphatic hydroxyl groups excluding tert-OH is 1. The molecule has 0 saturated carbocycles. The van der Waals surface area contributed by atoms with Crippen molar-refractivity contribution in [1.82, 2.24) is 0 Å². The third kappa shape index (κ3) is 3.78. The molecule has 1 aromatic rings. The average molecular weight is 265 g/mol. The standard InChI is InChI=1S/C16H27NO2/c1-13-7-5-6-8-14(13)16(11-17,12-18)10-9-15(2,3)19-4/h5-8,18H,9-12,17H2,1-4H3. The zero-order chi connectivity index (χ0) is 14.5. The lowest BCUT2D eigenvalue weighted by Gasteiger charge is -2.35. The quantitative estimate of drug-likeness (QED) is 0.796. The Morgan fingerprint density at radius 2 is 1.84 bits per heavy atom. The lowest BCUT2D eigenvalue weighted by Crippen LogP contribution is -2.41. The van der Waals surface area contributed by atoms with Gasteiger partial charge >= 0.3 is 0 Å². The molecule has 0 spiro atoms. The summed E-state index contributed by atoms with van der Waals surface area (Å²) in [6, 6.07) is 8.15. The molecule has 3 heteroatoms. The Kier molecular flexibility index (Phi) is 5.53. The largest absolute Gasteiger partial charge is 0.395 e. The van der Waals surface area contributed by atoms with Crippen molar-refractivity contribution >= 4 is 0 Å². The van der Waals surface area contributed by atoms with Gasteiger partial charge in [-0.1, -0.05) is 24.3 Å². The molecule has 3 N–H and O–H groups in total. The van der Waals surface area contributed by atoms with Crippen LogP contribution in [0.15, 0.2) is 24.3 Å². The molecule has 0 radical (unpaired) electrons. The topological polar surface area (TPSA) is 55.5 Å². The third-order valence-corrected chi connectivity index (χ3v) is 4.17. The van der Waals surface area contributed by atoms with Crippen LogP contribution in [0.4, 0.5) is 0 Å². The molecule has 1 atom stereocenters. The summed E-state index contributed by atoms with van der Waals surface area (Å²) in [6.07, 6.45) is 1.67. The van der Waals surface area contributed by atoms with Gasteiger partial charge in [0.05, 0.1) is 12.2 Å². The highest BCUT2D eigenvalue weighted by Gasteiger charge is 2.33. The van der Waals surface area contributed by atoms with E-state index >= 15 is 0 Å². The number of benzene rings is 1. The van der Waals surface area contributed by atoms with Crippen LogP contribution in [0.2, 0.25) is 0 Å². The number of hydrogen-bond donors (Lipinski definition) is 2. The fourth-order valence-corrected chi connectivity index (χ4v) is 2.39. The van der Waals surface area contributed by atoms with Crippen LogP contribution in [0.3, 0.4) is 0 Å². The van der Waals surface area contributed by atoms with Crippen LogP contribution >= 0.6 is 0 Å². The minimum Gasteiger partial charge on any atom is -0.395 e. The predicted octanol–water partition coefficient (Wildman–Crippen LogP) is 2.39. The number of aryl methyl sites for hydroxylation is 1. The van der Waals surface area contributed by atoms with Gasteiger partial charge in [-0.05, 0) is 44.7 Å². The summed E-state index contributed by atoms with van der Waals surface area (Å²) in [4.78, 5) is 0. The summed E-state index contributed by atoms with van der Waals surface area (Å²) < 4.78 is 5.47. The maximum Gasteiger partial charge on any atom is 0.0623 e. The zero-order valence-corrected chi connectivity index (χ0v) is 12.6. The second-order valence-corrected chi connectivity index (χ2v) is 5.92. The molecule has 0 amide bonds. The first-order valence-corrected chi connectivity index (χ1v) is 6.83. The van der Waals surface area contributed by atoms with Gasteiger partial charge in [-0.3, -0.25) is 0 Å². The van der Waals surface area contributed by atoms with Crippen LogP contribution in [0.1, 0.15) is 37.8 Å². The summed E-state index contributed by atoms with van der Waals surface area (Å²) in [6.45, 7) is 6.69. The molecule has 0 saturated heterocycles. The molecule has 0 aliphatic heterocycles. The van der Waals surface area contributed by atoms with Crippen LogP contribution in [-0.2, 0) is 10.2 Å². The summed E-state index contributed by atoms with van der Waals surface area (Å²) in [5, 5.41) is 9.90. The molecule has 0 fully saturated rings. The number of aliphatic hydroxyl groups is 1. The van der Waals surface area contributed by atoms with Gasteiger partial charge in [0.25, 0.3) is 0 Å². The molecule has 0 bridgehead atoms. The minimum atomic E-state index is -0.374. The van der Waals surface area contributed by atoms with Gasteiger partial charge in [0.15, 0.2) is 0 Å². The van der Waals surface area contributed by atoms with Gasteiger partial charge in [0.2, 0.25) is 0 Å². The van der Waals surface area contributed by atoms with E-state index in [0.717, 1.165) is 18.4 Å². The van der Waals surface area contributed by atoms with E-state index in [9.17, 15) is 5.11 Å². The van der Waals surface area contributed by atoms with Gasteiger partial charge in [-0.2, -0.15) is 0 Å². The number of ether oxygens (including phenoxy) is 1. The Morgan fingerprint density at radius 1 is 1.21 bits per heavy atom. The molecular formula is C16H27NO2. The monoisotopic (exact) mass is 265 g/mol. The van der Waals surface area contributed by atoms with Gasteiger partial charge in [-0.25, -0.2) is 0 Å². The van der Waals surface area contributed by atoms with E-state index in [1.807, 2.05) is 12.1 Å². The molecule has 19 heavy (non-hydrogen) atoms. The molecule has 0 heterocycles. The molecule has 1 aromatic carbocycles. The molecule has 3 nitrogen and oxygen atoms in total. The summed E-state index contributed by atoms with van der Waals surface area (Å²) >= 11 is 0. The van der Waals surface area contributed by atoms with E-state index in [1.165, 1.54) is 5.56 Å². The van der Waals surface area contributed by atoms with E-state index in [2.05, 4.69) is 32.9 Å². The van der Waals surface area contributed by atoms with Crippen LogP contribution in [0.5, 0.6) is 0 Å². The van der Waals surface area contributed by atoms with Crippen molar-refractivity contribution in [2.45, 2.75) is 44.6 Å². The highest BCUT2D eigenvalue weighted by molar-refractivity contribution is 5.34. The fourth-order valence-electron chi connectivity index (χ4n) is 2.39. The second kappa shape index (κ2) is 6.51. The summed E-state index contributed by atoms with van der Waals surface area (Å²) in [5.41, 5.74) is 7.74. The van der Waals surface area contributed by atoms with Crippen molar-refractivity contribution in [3.05, 3.63) is 35.4 Å². The van der Waals surface area contributed by atoms with Gasteiger partial charge < -0.3 is 15.6 Å². The summed E-state index contributed by atoms with van der Waals surface area (Å²) in [5.74, 6) is 0. The second-order valence-electron chi connectivity index (χ2n) is 5.92. The van der Waals surface area contributed by atoms with Crippen LogP contribution in [0, 0.1) is 6.92 Å². The van der Waals surface area contributed by atoms with Crippen molar-refractivity contribution in [1.29, 1.82) is 0 Å². The first kappa shape index (κ1) is 16.2. The Bertz CT molecular complexity index is 397. The molecule has 1 unspecified atom stereocenters. The van der Waals surface area contributed by atoms with Gasteiger partial charge in [-0.15, -0.1) is 0 Å². The van der Waals surface area contributed by atoms with Crippen molar-refractivity contribution in [3.8, 4) is 0 Å². The van der Waals surface area contributed by atoms with Crippen LogP contribution < -0.4 is 5.73 Å². The fraction of sp³-hybridized carbons (Fsp3) is 0.625. The van der Waals surface area contributed by atoms with E-state index in [0.29, 0.717) is 6.54 Å². The van der Waals surface area contributed by atoms with Crippen LogP contribution in [-0.4, -0.2) is 31.0 Å². The maximum absolute atomic E-state index is 9.90. The van der Waals surface area contributed by atoms with E-state index in [4.69, 9.17) is 10.5 Å². The summed E-state index contributed by atoms with van der Waals surface area (Å²) in [7, 11) is 1.72. The lowest BCUT2D eigenvalue weighted by atomic mass is 9.74. The Hall–Kier alpha value is -0.900. The first-order chi connectivity index (χ1) is 8.90. The third-order valence-electron chi connectivity index (χ3n) is 4.17. The van der Waals surface area contributed by atoms with Gasteiger partial charge in [0, 0.05) is 19.1 Å². The molecule has 0 aromatic heterocycles. The van der Waals surface area contributed by atoms with Crippen molar-refractivity contribution in [2.24, 2.45) is 5.73 Å². The number of hydrogen-bond acceptors (Lipinski definition) is 3. The van der Waals surface area contributed by atoms with Crippen molar-refractivity contribution in [3.63, 3.8) is 0 Å². The Balaban J connectivity index is 3.01. The normalized spacial score (nSPS) is 15.3. The van der Waals surface area contributed by atoms with E-state index in [1.54, 1.807) is 7.11 Å². The molecule has 0 aliphatic carbocycles. The maximum atomic E-state index is 9.90. The molecule has 1 rings (SSSR count). The number of nitrogens with two attached hydrogens (primary N) is 1. The first-order valence-electron chi connectivity index (χ1n) is 6.83. The average Bonchev–Trinajstić information content (AvgIpc) is 2.42. The van der Waals surface area contributed by atoms with Gasteiger partial charge in [0.1, 0.15) is 0 Å². The highest BCUT2D eigenvalue weighted by atomic mass is 16.5. The van der Waals surface area contributed by atoms with Crippen molar-refractivity contribution < 1.29 is 9.84 Å². The van der Waals surface area contributed by atoms with E-state index < -0.39 is 0 Å². The molecular weight excluding hydrogens is 238 g/mol. The number of methoxy groups -OCH3 is 1. The predicted molar refractivity (Wildman–Crippen MR) is 79.3 cm³/mol. The highest BCUT2D eigenvalue weighted by Crippen LogP contribution is 2.33. The lowest BCUT2D eigenvalue weighted by molar-refractivity contribution is 0.00580. The molecule has 108 valence electrons. The Morgan fingerprint density at radius 3 is 2.32 bits per heavy atom. The smallest absolute Gasteiger partial charge is 0.0623 e. The zero-order valence-electron chi connectivity index (χ0n) is 12.6. The minimum absolute atomic E-state index is 0.0636. The van der Waals surface area contributed by atoms with Crippen molar-refractivity contribution in [2.75, 3.05) is 20.3 Å². The van der Waals surface area contributed by atoms with Crippen LogP contribution in [0.25, 0.3) is 0 Å². The Labute approximate surface area is 116 Å².